The highest BCUT2D eigenvalue weighted by atomic mass is 16.5. The van der Waals surface area contributed by atoms with Crippen LogP contribution in [0.15, 0.2) is 66.9 Å². The first-order chi connectivity index (χ1) is 11.7. The van der Waals surface area contributed by atoms with Gasteiger partial charge in [-0.1, -0.05) is 36.4 Å². The molecule has 1 heterocycles. The van der Waals surface area contributed by atoms with Gasteiger partial charge in [-0.2, -0.15) is 0 Å². The zero-order valence-corrected chi connectivity index (χ0v) is 13.8. The van der Waals surface area contributed by atoms with E-state index in [9.17, 15) is 4.79 Å². The van der Waals surface area contributed by atoms with E-state index in [1.54, 1.807) is 13.1 Å². The molecule has 3 heteroatoms. The molecule has 0 N–H and O–H groups in total. The third-order valence-electron chi connectivity index (χ3n) is 3.83. The topological polar surface area (TPSA) is 39.2 Å². The average molecular weight is 317 g/mol. The smallest absolute Gasteiger partial charge is 0.159 e. The molecule has 0 amide bonds. The van der Waals surface area contributed by atoms with Crippen molar-refractivity contribution in [2.75, 3.05) is 6.61 Å². The maximum atomic E-state index is 11.7. The molecule has 0 spiro atoms. The Morgan fingerprint density at radius 1 is 1.04 bits per heavy atom. The second kappa shape index (κ2) is 7.09. The number of hydrogen-bond acceptors (Lipinski definition) is 3. The largest absolute Gasteiger partial charge is 0.493 e. The number of pyridine rings is 1. The van der Waals surface area contributed by atoms with Gasteiger partial charge in [0.2, 0.25) is 0 Å². The van der Waals surface area contributed by atoms with Crippen molar-refractivity contribution >= 4 is 5.78 Å². The summed E-state index contributed by atoms with van der Waals surface area (Å²) in [4.78, 5) is 16.2. The van der Waals surface area contributed by atoms with Gasteiger partial charge in [0.25, 0.3) is 0 Å². The van der Waals surface area contributed by atoms with Crippen molar-refractivity contribution in [1.82, 2.24) is 4.98 Å². The van der Waals surface area contributed by atoms with Crippen molar-refractivity contribution in [3.63, 3.8) is 0 Å². The summed E-state index contributed by atoms with van der Waals surface area (Å²) in [6, 6.07) is 19.4. The first-order valence-electron chi connectivity index (χ1n) is 7.99. The number of carbonyl (C=O) groups excluding carboxylic acids is 1. The number of rotatable bonds is 5. The number of ether oxygens (including phenoxy) is 1. The Morgan fingerprint density at radius 3 is 2.58 bits per heavy atom. The van der Waals surface area contributed by atoms with E-state index in [1.807, 2.05) is 67.6 Å². The predicted molar refractivity (Wildman–Crippen MR) is 96.3 cm³/mol. The normalized spacial score (nSPS) is 10.4. The molecule has 0 saturated heterocycles. The summed E-state index contributed by atoms with van der Waals surface area (Å²) in [6.45, 7) is 4.12. The summed E-state index contributed by atoms with van der Waals surface area (Å²) in [5, 5.41) is 0. The quantitative estimate of drug-likeness (QED) is 0.620. The molecule has 2 aromatic carbocycles. The summed E-state index contributed by atoms with van der Waals surface area (Å²) in [5.74, 6) is 0.846. The van der Waals surface area contributed by atoms with Gasteiger partial charge in [-0.15, -0.1) is 0 Å². The average Bonchev–Trinajstić information content (AvgIpc) is 2.62. The number of carbonyl (C=O) groups is 1. The summed E-state index contributed by atoms with van der Waals surface area (Å²) >= 11 is 0. The Balaban J connectivity index is 2.23. The van der Waals surface area contributed by atoms with Crippen LogP contribution in [0.25, 0.3) is 22.4 Å². The molecule has 24 heavy (non-hydrogen) atoms. The molecule has 0 aliphatic rings. The lowest BCUT2D eigenvalue weighted by Gasteiger charge is -2.15. The molecule has 0 aliphatic carbocycles. The number of nitrogens with zero attached hydrogens (tertiary/aromatic N) is 1. The van der Waals surface area contributed by atoms with Crippen LogP contribution in [0.4, 0.5) is 0 Å². The summed E-state index contributed by atoms with van der Waals surface area (Å²) in [6.07, 6.45) is 1.77. The fourth-order valence-electron chi connectivity index (χ4n) is 2.73. The van der Waals surface area contributed by atoms with Crippen molar-refractivity contribution < 1.29 is 9.53 Å². The highest BCUT2D eigenvalue weighted by Crippen LogP contribution is 2.38. The van der Waals surface area contributed by atoms with Crippen LogP contribution in [0.1, 0.15) is 24.2 Å². The molecule has 3 aromatic rings. The minimum atomic E-state index is 0.0530. The zero-order chi connectivity index (χ0) is 16.9. The SMILES string of the molecule is CCOc1cccc(-c2cccc(C(C)=O)c2)c1-c1ccccn1. The van der Waals surface area contributed by atoms with Crippen LogP contribution in [-0.4, -0.2) is 17.4 Å². The van der Waals surface area contributed by atoms with Crippen LogP contribution in [0.3, 0.4) is 0 Å². The second-order valence-electron chi connectivity index (χ2n) is 5.46. The molecular weight excluding hydrogens is 298 g/mol. The van der Waals surface area contributed by atoms with Crippen molar-refractivity contribution in [3.05, 3.63) is 72.4 Å². The van der Waals surface area contributed by atoms with Gasteiger partial charge in [0, 0.05) is 11.8 Å². The monoisotopic (exact) mass is 317 g/mol. The van der Waals surface area contributed by atoms with Crippen LogP contribution in [0, 0.1) is 0 Å². The maximum absolute atomic E-state index is 11.7. The molecular formula is C21H19NO2. The van der Waals surface area contributed by atoms with E-state index in [-0.39, 0.29) is 5.78 Å². The van der Waals surface area contributed by atoms with Gasteiger partial charge >= 0.3 is 0 Å². The fraction of sp³-hybridized carbons (Fsp3) is 0.143. The standard InChI is InChI=1S/C21H19NO2/c1-3-24-20-12-7-10-18(21(20)19-11-4-5-13-22-19)17-9-6-8-16(14-17)15(2)23/h4-14H,3H2,1-2H3. The summed E-state index contributed by atoms with van der Waals surface area (Å²) < 4.78 is 5.82. The minimum Gasteiger partial charge on any atom is -0.493 e. The molecule has 0 fully saturated rings. The summed E-state index contributed by atoms with van der Waals surface area (Å²) in [7, 11) is 0. The Labute approximate surface area is 142 Å². The summed E-state index contributed by atoms with van der Waals surface area (Å²) in [5.41, 5.74) is 4.47. The second-order valence-corrected chi connectivity index (χ2v) is 5.46. The van der Waals surface area contributed by atoms with Crippen LogP contribution < -0.4 is 4.74 Å². The van der Waals surface area contributed by atoms with Gasteiger partial charge in [0.05, 0.1) is 17.9 Å². The van der Waals surface area contributed by atoms with Crippen LogP contribution in [-0.2, 0) is 0 Å². The van der Waals surface area contributed by atoms with Crippen LogP contribution in [0.5, 0.6) is 5.75 Å². The molecule has 0 unspecified atom stereocenters. The zero-order valence-electron chi connectivity index (χ0n) is 13.8. The number of hydrogen-bond donors (Lipinski definition) is 0. The highest BCUT2D eigenvalue weighted by Gasteiger charge is 2.15. The molecule has 0 bridgehead atoms. The van der Waals surface area contributed by atoms with Crippen molar-refractivity contribution in [3.8, 4) is 28.1 Å². The van der Waals surface area contributed by atoms with Gasteiger partial charge in [-0.05, 0) is 49.2 Å². The predicted octanol–water partition coefficient (Wildman–Crippen LogP) is 5.02. The van der Waals surface area contributed by atoms with Crippen molar-refractivity contribution in [2.45, 2.75) is 13.8 Å². The van der Waals surface area contributed by atoms with E-state index < -0.39 is 0 Å². The first kappa shape index (κ1) is 15.9. The van der Waals surface area contributed by atoms with Crippen LogP contribution >= 0.6 is 0 Å². The minimum absolute atomic E-state index is 0.0530. The molecule has 0 radical (unpaired) electrons. The Hall–Kier alpha value is -2.94. The third-order valence-corrected chi connectivity index (χ3v) is 3.83. The lowest BCUT2D eigenvalue weighted by Crippen LogP contribution is -1.98. The lowest BCUT2D eigenvalue weighted by atomic mass is 9.94. The van der Waals surface area contributed by atoms with E-state index in [2.05, 4.69) is 4.98 Å². The molecule has 3 nitrogen and oxygen atoms in total. The fourth-order valence-corrected chi connectivity index (χ4v) is 2.73. The van der Waals surface area contributed by atoms with Gasteiger partial charge in [0.15, 0.2) is 5.78 Å². The molecule has 0 saturated carbocycles. The third kappa shape index (κ3) is 3.20. The number of ketones is 1. The Bertz CT molecular complexity index is 857. The lowest BCUT2D eigenvalue weighted by molar-refractivity contribution is 0.101. The molecule has 0 atom stereocenters. The number of aromatic nitrogens is 1. The number of benzene rings is 2. The van der Waals surface area contributed by atoms with E-state index >= 15 is 0 Å². The number of Topliss-reactive ketones (excluding diaryl/α,β-unsaturated/α-hetero) is 1. The molecule has 0 aliphatic heterocycles. The van der Waals surface area contributed by atoms with Gasteiger partial charge in [-0.25, -0.2) is 0 Å². The van der Waals surface area contributed by atoms with Crippen molar-refractivity contribution in [2.24, 2.45) is 0 Å². The molecule has 120 valence electrons. The highest BCUT2D eigenvalue weighted by molar-refractivity contribution is 5.96. The van der Waals surface area contributed by atoms with Gasteiger partial charge < -0.3 is 4.74 Å². The maximum Gasteiger partial charge on any atom is 0.159 e. The van der Waals surface area contributed by atoms with Gasteiger partial charge in [0.1, 0.15) is 5.75 Å². The van der Waals surface area contributed by atoms with Gasteiger partial charge in [-0.3, -0.25) is 9.78 Å². The molecule has 3 rings (SSSR count). The van der Waals surface area contributed by atoms with E-state index in [0.717, 1.165) is 28.1 Å². The molecule has 1 aromatic heterocycles. The van der Waals surface area contributed by atoms with E-state index in [1.165, 1.54) is 0 Å². The van der Waals surface area contributed by atoms with Crippen LogP contribution in [0.2, 0.25) is 0 Å². The Kier molecular flexibility index (Phi) is 4.71. The van der Waals surface area contributed by atoms with E-state index in [0.29, 0.717) is 12.2 Å². The Morgan fingerprint density at radius 2 is 1.88 bits per heavy atom. The van der Waals surface area contributed by atoms with Crippen molar-refractivity contribution in [1.29, 1.82) is 0 Å². The van der Waals surface area contributed by atoms with E-state index in [4.69, 9.17) is 4.74 Å². The first-order valence-corrected chi connectivity index (χ1v) is 7.99.